The van der Waals surface area contributed by atoms with Gasteiger partial charge in [0.25, 0.3) is 5.91 Å². The average molecular weight is 290 g/mol. The first-order chi connectivity index (χ1) is 10.2. The number of nitrogens with one attached hydrogen (secondary N) is 2. The Morgan fingerprint density at radius 3 is 3.00 bits per heavy atom. The molecule has 0 saturated carbocycles. The van der Waals surface area contributed by atoms with Gasteiger partial charge in [0.15, 0.2) is 5.82 Å². The van der Waals surface area contributed by atoms with Gasteiger partial charge in [-0.15, -0.1) is 0 Å². The van der Waals surface area contributed by atoms with E-state index < -0.39 is 18.1 Å². The van der Waals surface area contributed by atoms with Gasteiger partial charge in [0.1, 0.15) is 23.5 Å². The van der Waals surface area contributed by atoms with Crippen LogP contribution < -0.4 is 16.4 Å². The predicted molar refractivity (Wildman–Crippen MR) is 75.6 cm³/mol. The molecule has 7 nitrogen and oxygen atoms in total. The lowest BCUT2D eigenvalue weighted by Gasteiger charge is -2.28. The summed E-state index contributed by atoms with van der Waals surface area (Å²) in [6.07, 6.45) is 2.25. The van der Waals surface area contributed by atoms with Gasteiger partial charge in [-0.25, -0.2) is 14.4 Å². The summed E-state index contributed by atoms with van der Waals surface area (Å²) in [6, 6.07) is 1.11. The van der Waals surface area contributed by atoms with E-state index in [1.54, 1.807) is 0 Å². The summed E-state index contributed by atoms with van der Waals surface area (Å²) in [5.74, 6) is -0.186. The third-order valence-corrected chi connectivity index (χ3v) is 3.51. The van der Waals surface area contributed by atoms with E-state index in [-0.39, 0.29) is 5.56 Å². The molecule has 1 amide bonds. The van der Waals surface area contributed by atoms with E-state index >= 15 is 0 Å². The fourth-order valence-electron chi connectivity index (χ4n) is 2.41. The first kappa shape index (κ1) is 13.6. The molecule has 3 rings (SSSR count). The normalized spacial score (nSPS) is 22.1. The Morgan fingerprint density at radius 2 is 2.24 bits per heavy atom. The van der Waals surface area contributed by atoms with E-state index in [2.05, 4.69) is 25.6 Å². The molecule has 3 heterocycles. The van der Waals surface area contributed by atoms with Crippen molar-refractivity contribution in [2.75, 3.05) is 18.4 Å². The van der Waals surface area contributed by atoms with Crippen LogP contribution in [0.2, 0.25) is 0 Å². The second kappa shape index (κ2) is 5.57. The molecular weight excluding hydrogens is 275 g/mol. The van der Waals surface area contributed by atoms with E-state index in [0.29, 0.717) is 36.4 Å². The molecule has 1 aliphatic rings. The molecule has 21 heavy (non-hydrogen) atoms. The highest BCUT2D eigenvalue weighted by atomic mass is 19.1. The highest BCUT2D eigenvalue weighted by molar-refractivity contribution is 6.05. The molecular formula is C13H15FN6O. The first-order valence-corrected chi connectivity index (χ1v) is 6.67. The van der Waals surface area contributed by atoms with Crippen molar-refractivity contribution < 1.29 is 9.18 Å². The number of halogens is 1. The number of primary amides is 1. The molecule has 2 aromatic heterocycles. The summed E-state index contributed by atoms with van der Waals surface area (Å²) >= 11 is 0. The van der Waals surface area contributed by atoms with Crippen LogP contribution in [0.3, 0.4) is 0 Å². The molecule has 0 unspecified atom stereocenters. The zero-order valence-corrected chi connectivity index (χ0v) is 11.2. The van der Waals surface area contributed by atoms with Crippen LogP contribution in [-0.2, 0) is 0 Å². The van der Waals surface area contributed by atoms with E-state index in [0.717, 1.165) is 0 Å². The molecule has 2 atom stereocenters. The molecule has 1 aliphatic heterocycles. The van der Waals surface area contributed by atoms with Gasteiger partial charge in [-0.2, -0.15) is 0 Å². The fraction of sp³-hybridized carbons (Fsp3) is 0.385. The van der Waals surface area contributed by atoms with Crippen LogP contribution in [0.25, 0.3) is 11.0 Å². The monoisotopic (exact) mass is 290 g/mol. The lowest BCUT2D eigenvalue weighted by Crippen LogP contribution is -2.46. The van der Waals surface area contributed by atoms with Crippen molar-refractivity contribution in [1.82, 2.24) is 20.3 Å². The Labute approximate surface area is 120 Å². The third kappa shape index (κ3) is 2.62. The van der Waals surface area contributed by atoms with Crippen LogP contribution in [0, 0.1) is 0 Å². The van der Waals surface area contributed by atoms with Gasteiger partial charge in [-0.05, 0) is 19.0 Å². The standard InChI is InChI=1S/C13H15FN6O/c14-8-2-3-16-5-9(8)20-13-11-10(18-6-19-13)7(12(15)21)1-4-17-11/h1,4,6,8-9,16H,2-3,5H2,(H2,15,21)(H,18,19,20)/t8-,9-/m1/s1. The van der Waals surface area contributed by atoms with E-state index in [9.17, 15) is 9.18 Å². The van der Waals surface area contributed by atoms with Gasteiger partial charge in [0.2, 0.25) is 0 Å². The number of nitrogens with zero attached hydrogens (tertiary/aromatic N) is 3. The number of rotatable bonds is 3. The van der Waals surface area contributed by atoms with E-state index in [1.165, 1.54) is 18.6 Å². The molecule has 0 aliphatic carbocycles. The number of pyridine rings is 1. The van der Waals surface area contributed by atoms with Gasteiger partial charge < -0.3 is 16.4 Å². The van der Waals surface area contributed by atoms with Gasteiger partial charge in [0, 0.05) is 12.7 Å². The van der Waals surface area contributed by atoms with Gasteiger partial charge in [-0.1, -0.05) is 0 Å². The topological polar surface area (TPSA) is 106 Å². The highest BCUT2D eigenvalue weighted by Gasteiger charge is 2.25. The summed E-state index contributed by atoms with van der Waals surface area (Å²) in [6.45, 7) is 1.16. The minimum absolute atomic E-state index is 0.268. The molecule has 0 spiro atoms. The van der Waals surface area contributed by atoms with Gasteiger partial charge in [-0.3, -0.25) is 9.78 Å². The second-order valence-electron chi connectivity index (χ2n) is 4.90. The predicted octanol–water partition coefficient (Wildman–Crippen LogP) is 0.236. The van der Waals surface area contributed by atoms with Crippen molar-refractivity contribution in [3.63, 3.8) is 0 Å². The van der Waals surface area contributed by atoms with Crippen LogP contribution in [-0.4, -0.2) is 46.2 Å². The Morgan fingerprint density at radius 1 is 1.38 bits per heavy atom. The second-order valence-corrected chi connectivity index (χ2v) is 4.90. The number of amides is 1. The summed E-state index contributed by atoms with van der Waals surface area (Å²) in [5, 5.41) is 6.16. The number of fused-ring (bicyclic) bond motifs is 1. The third-order valence-electron chi connectivity index (χ3n) is 3.51. The highest BCUT2D eigenvalue weighted by Crippen LogP contribution is 2.22. The minimum atomic E-state index is -0.962. The molecule has 110 valence electrons. The lowest BCUT2D eigenvalue weighted by atomic mass is 10.1. The summed E-state index contributed by atoms with van der Waals surface area (Å²) in [5.41, 5.74) is 6.36. The number of carbonyl (C=O) groups is 1. The molecule has 0 radical (unpaired) electrons. The Balaban J connectivity index is 1.99. The number of aromatic nitrogens is 3. The van der Waals surface area contributed by atoms with E-state index in [1.807, 2.05) is 0 Å². The zero-order chi connectivity index (χ0) is 14.8. The zero-order valence-electron chi connectivity index (χ0n) is 11.2. The summed E-state index contributed by atoms with van der Waals surface area (Å²) in [4.78, 5) is 23.7. The molecule has 8 heteroatoms. The molecule has 1 fully saturated rings. The minimum Gasteiger partial charge on any atom is -0.366 e. The van der Waals surface area contributed by atoms with Crippen molar-refractivity contribution in [2.45, 2.75) is 18.6 Å². The van der Waals surface area contributed by atoms with Crippen molar-refractivity contribution >= 4 is 22.8 Å². The largest absolute Gasteiger partial charge is 0.366 e. The first-order valence-electron chi connectivity index (χ1n) is 6.67. The Hall–Kier alpha value is -2.35. The lowest BCUT2D eigenvalue weighted by molar-refractivity contribution is 0.100. The number of anilines is 1. The number of hydrogen-bond acceptors (Lipinski definition) is 6. The molecule has 0 aromatic carbocycles. The van der Waals surface area contributed by atoms with Crippen molar-refractivity contribution in [1.29, 1.82) is 0 Å². The van der Waals surface area contributed by atoms with Gasteiger partial charge in [0.05, 0.1) is 11.6 Å². The summed E-state index contributed by atoms with van der Waals surface area (Å²) in [7, 11) is 0. The number of nitrogens with two attached hydrogens (primary N) is 1. The molecule has 1 saturated heterocycles. The van der Waals surface area contributed by atoms with Crippen LogP contribution in [0.4, 0.5) is 10.2 Å². The van der Waals surface area contributed by atoms with Crippen LogP contribution >= 0.6 is 0 Å². The Kier molecular flexibility index (Phi) is 3.61. The molecule has 4 N–H and O–H groups in total. The summed E-state index contributed by atoms with van der Waals surface area (Å²) < 4.78 is 13.9. The average Bonchev–Trinajstić information content (AvgIpc) is 2.49. The SMILES string of the molecule is NC(=O)c1ccnc2c(N[C@@H]3CNCC[C@H]3F)ncnc12. The maximum absolute atomic E-state index is 13.9. The van der Waals surface area contributed by atoms with E-state index in [4.69, 9.17) is 5.73 Å². The van der Waals surface area contributed by atoms with Crippen LogP contribution in [0.15, 0.2) is 18.6 Å². The Bertz CT molecular complexity index is 679. The number of alkyl halides is 1. The maximum Gasteiger partial charge on any atom is 0.251 e. The molecule has 2 aromatic rings. The van der Waals surface area contributed by atoms with Crippen LogP contribution in [0.5, 0.6) is 0 Å². The van der Waals surface area contributed by atoms with Crippen LogP contribution in [0.1, 0.15) is 16.8 Å². The van der Waals surface area contributed by atoms with Crippen molar-refractivity contribution in [3.05, 3.63) is 24.2 Å². The van der Waals surface area contributed by atoms with Gasteiger partial charge >= 0.3 is 0 Å². The number of piperidine rings is 1. The van der Waals surface area contributed by atoms with Crippen molar-refractivity contribution in [3.8, 4) is 0 Å². The fourth-order valence-corrected chi connectivity index (χ4v) is 2.41. The maximum atomic E-state index is 13.9. The van der Waals surface area contributed by atoms with Crippen molar-refractivity contribution in [2.24, 2.45) is 5.73 Å². The number of hydrogen-bond donors (Lipinski definition) is 3. The number of carbonyl (C=O) groups excluding carboxylic acids is 1. The smallest absolute Gasteiger partial charge is 0.251 e. The molecule has 0 bridgehead atoms. The quantitative estimate of drug-likeness (QED) is 0.747.